The molecule has 1 N–H and O–H groups in total. The Morgan fingerprint density at radius 2 is 2.13 bits per heavy atom. The second-order valence-corrected chi connectivity index (χ2v) is 6.98. The summed E-state index contributed by atoms with van der Waals surface area (Å²) in [5, 5.41) is 15.7. The SMILES string of the molecule is O=C(Nc1nc(-c2cccc([N+](=O)[O-])c2)cs1)c1ccc(Cl)s1. The number of nitrogens with one attached hydrogen (secondary N) is 1. The average molecular weight is 366 g/mol. The van der Waals surface area contributed by atoms with Crippen molar-refractivity contribution < 1.29 is 9.72 Å². The average Bonchev–Trinajstić information content (AvgIpc) is 3.16. The van der Waals surface area contributed by atoms with Crippen LogP contribution in [-0.4, -0.2) is 15.8 Å². The molecule has 0 fully saturated rings. The first kappa shape index (κ1) is 15.6. The second kappa shape index (κ2) is 6.45. The minimum Gasteiger partial charge on any atom is -0.297 e. The number of nitro groups is 1. The summed E-state index contributed by atoms with van der Waals surface area (Å²) in [5.74, 6) is -0.290. The lowest BCUT2D eigenvalue weighted by molar-refractivity contribution is -0.384. The van der Waals surface area contributed by atoms with E-state index in [1.807, 2.05) is 0 Å². The van der Waals surface area contributed by atoms with Gasteiger partial charge in [-0.1, -0.05) is 23.7 Å². The van der Waals surface area contributed by atoms with Gasteiger partial charge in [-0.3, -0.25) is 20.2 Å². The summed E-state index contributed by atoms with van der Waals surface area (Å²) in [6, 6.07) is 9.47. The summed E-state index contributed by atoms with van der Waals surface area (Å²) >= 11 is 8.23. The first-order valence-corrected chi connectivity index (χ1v) is 8.37. The maximum absolute atomic E-state index is 12.0. The van der Waals surface area contributed by atoms with Gasteiger partial charge in [-0.15, -0.1) is 22.7 Å². The Kier molecular flexibility index (Phi) is 4.37. The summed E-state index contributed by atoms with van der Waals surface area (Å²) in [6.45, 7) is 0. The summed E-state index contributed by atoms with van der Waals surface area (Å²) in [5.41, 5.74) is 1.18. The van der Waals surface area contributed by atoms with Gasteiger partial charge in [0, 0.05) is 23.1 Å². The topological polar surface area (TPSA) is 85.1 Å². The molecule has 0 saturated heterocycles. The first-order chi connectivity index (χ1) is 11.0. The molecule has 0 spiro atoms. The fourth-order valence-electron chi connectivity index (χ4n) is 1.84. The standard InChI is InChI=1S/C14H8ClN3O3S2/c15-12-5-4-11(23-12)13(19)17-14-16-10(7-22-14)8-2-1-3-9(6-8)18(20)21/h1-7H,(H,16,17,19). The number of halogens is 1. The number of hydrogen-bond acceptors (Lipinski definition) is 6. The van der Waals surface area contributed by atoms with Crippen LogP contribution in [0.2, 0.25) is 4.34 Å². The Hall–Kier alpha value is -2.29. The first-order valence-electron chi connectivity index (χ1n) is 6.30. The van der Waals surface area contributed by atoms with Gasteiger partial charge in [-0.2, -0.15) is 0 Å². The molecule has 1 aromatic carbocycles. The van der Waals surface area contributed by atoms with E-state index < -0.39 is 4.92 Å². The van der Waals surface area contributed by atoms with Gasteiger partial charge >= 0.3 is 0 Å². The summed E-state index contributed by atoms with van der Waals surface area (Å²) in [7, 11) is 0. The molecule has 2 heterocycles. The van der Waals surface area contributed by atoms with Crippen LogP contribution in [-0.2, 0) is 0 Å². The number of benzene rings is 1. The molecule has 9 heteroatoms. The zero-order valence-corrected chi connectivity index (χ0v) is 13.7. The van der Waals surface area contributed by atoms with Crippen molar-refractivity contribution in [2.24, 2.45) is 0 Å². The number of carbonyl (C=O) groups excluding carboxylic acids is 1. The van der Waals surface area contributed by atoms with Crippen molar-refractivity contribution in [1.29, 1.82) is 0 Å². The van der Waals surface area contributed by atoms with Gasteiger partial charge in [-0.25, -0.2) is 4.98 Å². The minimum atomic E-state index is -0.459. The number of nitro benzene ring substituents is 1. The lowest BCUT2D eigenvalue weighted by Gasteiger charge is -1.99. The van der Waals surface area contributed by atoms with E-state index in [0.717, 1.165) is 0 Å². The number of thiophene rings is 1. The molecule has 1 amide bonds. The molecule has 3 aromatic rings. The molecular weight excluding hydrogens is 358 g/mol. The molecule has 0 atom stereocenters. The van der Waals surface area contributed by atoms with Crippen LogP contribution in [0.5, 0.6) is 0 Å². The predicted octanol–water partition coefficient (Wildman–Crippen LogP) is 4.69. The van der Waals surface area contributed by atoms with E-state index in [4.69, 9.17) is 11.6 Å². The Morgan fingerprint density at radius 3 is 2.83 bits per heavy atom. The summed E-state index contributed by atoms with van der Waals surface area (Å²) < 4.78 is 0.534. The quantitative estimate of drug-likeness (QED) is 0.537. The van der Waals surface area contributed by atoms with Crippen LogP contribution < -0.4 is 5.32 Å². The molecule has 0 saturated carbocycles. The fraction of sp³-hybridized carbons (Fsp3) is 0. The molecule has 0 aliphatic heterocycles. The molecule has 0 aliphatic rings. The summed E-state index contributed by atoms with van der Waals surface area (Å²) in [6.07, 6.45) is 0. The van der Waals surface area contributed by atoms with Crippen LogP contribution in [0.3, 0.4) is 0 Å². The lowest BCUT2D eigenvalue weighted by Crippen LogP contribution is -2.09. The Bertz CT molecular complexity index is 891. The Labute approximate surface area is 143 Å². The van der Waals surface area contributed by atoms with Crippen molar-refractivity contribution in [3.63, 3.8) is 0 Å². The molecule has 0 aliphatic carbocycles. The number of thiazole rings is 1. The number of aromatic nitrogens is 1. The molecule has 0 radical (unpaired) electrons. The van der Waals surface area contributed by atoms with Crippen LogP contribution in [0.4, 0.5) is 10.8 Å². The van der Waals surface area contributed by atoms with Crippen molar-refractivity contribution in [2.75, 3.05) is 5.32 Å². The number of rotatable bonds is 4. The highest BCUT2D eigenvalue weighted by atomic mass is 35.5. The van der Waals surface area contributed by atoms with E-state index in [0.29, 0.717) is 25.6 Å². The smallest absolute Gasteiger partial charge is 0.270 e. The van der Waals surface area contributed by atoms with Gasteiger partial charge in [0.05, 0.1) is 19.8 Å². The Balaban J connectivity index is 1.79. The zero-order chi connectivity index (χ0) is 16.4. The number of carbonyl (C=O) groups is 1. The highest BCUT2D eigenvalue weighted by Crippen LogP contribution is 2.28. The van der Waals surface area contributed by atoms with Gasteiger partial charge in [0.25, 0.3) is 11.6 Å². The van der Waals surface area contributed by atoms with Crippen LogP contribution >= 0.6 is 34.3 Å². The molecule has 0 bridgehead atoms. The van der Waals surface area contributed by atoms with Crippen LogP contribution in [0.1, 0.15) is 9.67 Å². The lowest BCUT2D eigenvalue weighted by atomic mass is 10.1. The van der Waals surface area contributed by atoms with Crippen molar-refractivity contribution >= 4 is 51.0 Å². The number of hydrogen-bond donors (Lipinski definition) is 1. The third kappa shape index (κ3) is 3.55. The second-order valence-electron chi connectivity index (χ2n) is 4.40. The molecule has 0 unspecified atom stereocenters. The van der Waals surface area contributed by atoms with E-state index >= 15 is 0 Å². The zero-order valence-electron chi connectivity index (χ0n) is 11.4. The summed E-state index contributed by atoms with van der Waals surface area (Å²) in [4.78, 5) is 27.2. The normalized spacial score (nSPS) is 10.5. The molecular formula is C14H8ClN3O3S2. The molecule has 23 heavy (non-hydrogen) atoms. The largest absolute Gasteiger partial charge is 0.297 e. The minimum absolute atomic E-state index is 0.00527. The van der Waals surface area contributed by atoms with Gasteiger partial charge in [0.2, 0.25) is 0 Å². The van der Waals surface area contributed by atoms with Crippen molar-refractivity contribution in [2.45, 2.75) is 0 Å². The van der Waals surface area contributed by atoms with Gasteiger partial charge < -0.3 is 0 Å². The van der Waals surface area contributed by atoms with Crippen LogP contribution in [0, 0.1) is 10.1 Å². The molecule has 116 valence electrons. The van der Waals surface area contributed by atoms with Gasteiger partial charge in [0.15, 0.2) is 5.13 Å². The van der Waals surface area contributed by atoms with Crippen LogP contribution in [0.15, 0.2) is 41.8 Å². The van der Waals surface area contributed by atoms with Gasteiger partial charge in [0.1, 0.15) is 0 Å². The van der Waals surface area contributed by atoms with Crippen molar-refractivity contribution in [3.8, 4) is 11.3 Å². The molecule has 3 rings (SSSR count). The number of non-ortho nitro benzene ring substituents is 1. The third-order valence-corrected chi connectivity index (χ3v) is 4.86. The van der Waals surface area contributed by atoms with E-state index in [1.54, 1.807) is 29.6 Å². The fourth-order valence-corrected chi connectivity index (χ4v) is 3.49. The van der Waals surface area contributed by atoms with Crippen LogP contribution in [0.25, 0.3) is 11.3 Å². The highest BCUT2D eigenvalue weighted by Gasteiger charge is 2.13. The number of amides is 1. The van der Waals surface area contributed by atoms with Gasteiger partial charge in [-0.05, 0) is 12.1 Å². The van der Waals surface area contributed by atoms with E-state index in [1.165, 1.54) is 34.8 Å². The predicted molar refractivity (Wildman–Crippen MR) is 91.5 cm³/mol. The van der Waals surface area contributed by atoms with E-state index in [9.17, 15) is 14.9 Å². The molecule has 6 nitrogen and oxygen atoms in total. The van der Waals surface area contributed by atoms with Crippen molar-refractivity contribution in [1.82, 2.24) is 4.98 Å². The van der Waals surface area contributed by atoms with E-state index in [2.05, 4.69) is 10.3 Å². The number of nitrogens with zero attached hydrogens (tertiary/aromatic N) is 2. The maximum atomic E-state index is 12.0. The molecule has 2 aromatic heterocycles. The Morgan fingerprint density at radius 1 is 1.30 bits per heavy atom. The van der Waals surface area contributed by atoms with Crippen molar-refractivity contribution in [3.05, 3.63) is 61.1 Å². The van der Waals surface area contributed by atoms with E-state index in [-0.39, 0.29) is 11.6 Å². The number of anilines is 1. The maximum Gasteiger partial charge on any atom is 0.270 e. The monoisotopic (exact) mass is 365 g/mol. The highest BCUT2D eigenvalue weighted by molar-refractivity contribution is 7.18. The third-order valence-electron chi connectivity index (χ3n) is 2.87.